The Bertz CT molecular complexity index is 358. The maximum absolute atomic E-state index is 3.43. The van der Waals surface area contributed by atoms with E-state index < -0.39 is 0 Å². The molecule has 1 atom stereocenters. The fourth-order valence-corrected chi connectivity index (χ4v) is 2.38. The van der Waals surface area contributed by atoms with E-state index in [0.717, 1.165) is 12.5 Å². The molecule has 2 rings (SSSR count). The van der Waals surface area contributed by atoms with Crippen LogP contribution in [0.25, 0.3) is 0 Å². The average molecular weight is 232 g/mol. The first-order valence-electron chi connectivity index (χ1n) is 6.61. The highest BCUT2D eigenvalue weighted by Crippen LogP contribution is 2.29. The predicted octanol–water partition coefficient (Wildman–Crippen LogP) is 2.60. The van der Waals surface area contributed by atoms with Crippen LogP contribution in [0.4, 0.5) is 0 Å². The van der Waals surface area contributed by atoms with Crippen molar-refractivity contribution >= 4 is 0 Å². The Morgan fingerprint density at radius 1 is 1.41 bits per heavy atom. The van der Waals surface area contributed by atoms with Crippen LogP contribution in [0.2, 0.25) is 0 Å². The Morgan fingerprint density at radius 3 is 2.76 bits per heavy atom. The van der Waals surface area contributed by atoms with E-state index in [9.17, 15) is 0 Å². The van der Waals surface area contributed by atoms with E-state index in [-0.39, 0.29) is 0 Å². The van der Waals surface area contributed by atoms with Gasteiger partial charge in [-0.2, -0.15) is 0 Å². The van der Waals surface area contributed by atoms with Gasteiger partial charge in [-0.25, -0.2) is 0 Å². The average Bonchev–Trinajstić information content (AvgIpc) is 3.09. The summed E-state index contributed by atoms with van der Waals surface area (Å²) >= 11 is 0. The number of benzene rings is 1. The van der Waals surface area contributed by atoms with Crippen molar-refractivity contribution in [2.75, 3.05) is 27.2 Å². The molecule has 17 heavy (non-hydrogen) atoms. The smallest absolute Gasteiger partial charge is 0.0446 e. The van der Waals surface area contributed by atoms with E-state index in [2.05, 4.69) is 55.5 Å². The van der Waals surface area contributed by atoms with Gasteiger partial charge in [-0.05, 0) is 45.3 Å². The van der Waals surface area contributed by atoms with Crippen molar-refractivity contribution in [1.82, 2.24) is 10.2 Å². The van der Waals surface area contributed by atoms with Gasteiger partial charge in [-0.15, -0.1) is 0 Å². The molecule has 1 aromatic rings. The molecule has 2 nitrogen and oxygen atoms in total. The van der Waals surface area contributed by atoms with Gasteiger partial charge in [0.2, 0.25) is 0 Å². The molecule has 0 spiro atoms. The topological polar surface area (TPSA) is 15.3 Å². The van der Waals surface area contributed by atoms with Crippen molar-refractivity contribution in [3.05, 3.63) is 35.4 Å². The van der Waals surface area contributed by atoms with Gasteiger partial charge in [-0.3, -0.25) is 0 Å². The van der Waals surface area contributed by atoms with Crippen molar-refractivity contribution in [3.8, 4) is 0 Å². The van der Waals surface area contributed by atoms with Gasteiger partial charge >= 0.3 is 0 Å². The highest BCUT2D eigenvalue weighted by molar-refractivity contribution is 5.25. The SMILES string of the molecule is CNC(CN(C)CC1CC1)c1cccc(C)c1. The molecule has 1 fully saturated rings. The van der Waals surface area contributed by atoms with Gasteiger partial charge in [0.1, 0.15) is 0 Å². The van der Waals surface area contributed by atoms with Crippen molar-refractivity contribution < 1.29 is 0 Å². The Hall–Kier alpha value is -0.860. The molecule has 94 valence electrons. The molecule has 0 bridgehead atoms. The van der Waals surface area contributed by atoms with Crippen molar-refractivity contribution in [1.29, 1.82) is 0 Å². The molecule has 0 amide bonds. The number of hydrogen-bond donors (Lipinski definition) is 1. The first-order valence-corrected chi connectivity index (χ1v) is 6.61. The number of aryl methyl sites for hydroxylation is 1. The molecule has 0 aliphatic heterocycles. The van der Waals surface area contributed by atoms with Crippen LogP contribution in [-0.4, -0.2) is 32.1 Å². The van der Waals surface area contributed by atoms with E-state index >= 15 is 0 Å². The number of nitrogens with zero attached hydrogens (tertiary/aromatic N) is 1. The summed E-state index contributed by atoms with van der Waals surface area (Å²) in [5.74, 6) is 0.968. The lowest BCUT2D eigenvalue weighted by Crippen LogP contribution is -2.32. The van der Waals surface area contributed by atoms with Crippen LogP contribution < -0.4 is 5.32 Å². The zero-order valence-corrected chi connectivity index (χ0v) is 11.2. The molecule has 1 saturated carbocycles. The quantitative estimate of drug-likeness (QED) is 0.811. The molecule has 1 aliphatic carbocycles. The first kappa shape index (κ1) is 12.6. The fraction of sp³-hybridized carbons (Fsp3) is 0.600. The molecule has 1 unspecified atom stereocenters. The van der Waals surface area contributed by atoms with Gasteiger partial charge in [-0.1, -0.05) is 29.8 Å². The molecule has 2 heteroatoms. The van der Waals surface area contributed by atoms with Crippen LogP contribution in [0.1, 0.15) is 30.0 Å². The summed E-state index contributed by atoms with van der Waals surface area (Å²) in [6.45, 7) is 4.50. The number of hydrogen-bond acceptors (Lipinski definition) is 2. The molecule has 0 saturated heterocycles. The third-order valence-corrected chi connectivity index (χ3v) is 3.55. The van der Waals surface area contributed by atoms with Crippen LogP contribution >= 0.6 is 0 Å². The lowest BCUT2D eigenvalue weighted by molar-refractivity contribution is 0.286. The monoisotopic (exact) mass is 232 g/mol. The summed E-state index contributed by atoms with van der Waals surface area (Å²) in [5.41, 5.74) is 2.74. The number of likely N-dealkylation sites (N-methyl/N-ethyl adjacent to an activating group) is 2. The molecule has 0 radical (unpaired) electrons. The van der Waals surface area contributed by atoms with Gasteiger partial charge < -0.3 is 10.2 Å². The zero-order valence-electron chi connectivity index (χ0n) is 11.2. The van der Waals surface area contributed by atoms with Gasteiger partial charge in [0, 0.05) is 19.1 Å². The van der Waals surface area contributed by atoms with E-state index in [1.165, 1.54) is 30.5 Å². The second kappa shape index (κ2) is 5.65. The van der Waals surface area contributed by atoms with E-state index in [1.54, 1.807) is 0 Å². The predicted molar refractivity (Wildman–Crippen MR) is 73.2 cm³/mol. The Labute approximate surface area is 105 Å². The Kier molecular flexibility index (Phi) is 4.19. The maximum atomic E-state index is 3.43. The first-order chi connectivity index (χ1) is 8.19. The van der Waals surface area contributed by atoms with Gasteiger partial charge in [0.25, 0.3) is 0 Å². The fourth-order valence-electron chi connectivity index (χ4n) is 2.38. The van der Waals surface area contributed by atoms with Crippen molar-refractivity contribution in [2.45, 2.75) is 25.8 Å². The van der Waals surface area contributed by atoms with Crippen LogP contribution in [0.3, 0.4) is 0 Å². The zero-order chi connectivity index (χ0) is 12.3. The molecule has 1 aromatic carbocycles. The number of rotatable bonds is 6. The van der Waals surface area contributed by atoms with Gasteiger partial charge in [0.05, 0.1) is 0 Å². The minimum absolute atomic E-state index is 0.443. The summed E-state index contributed by atoms with van der Waals surface area (Å²) in [6, 6.07) is 9.25. The molecular formula is C15H24N2. The van der Waals surface area contributed by atoms with Crippen molar-refractivity contribution in [2.24, 2.45) is 5.92 Å². The molecular weight excluding hydrogens is 208 g/mol. The van der Waals surface area contributed by atoms with Crippen molar-refractivity contribution in [3.63, 3.8) is 0 Å². The second-order valence-electron chi connectivity index (χ2n) is 5.42. The van der Waals surface area contributed by atoms with Crippen LogP contribution in [-0.2, 0) is 0 Å². The molecule has 0 aromatic heterocycles. The highest BCUT2D eigenvalue weighted by atomic mass is 15.1. The minimum atomic E-state index is 0.443. The number of nitrogens with one attached hydrogen (secondary N) is 1. The van der Waals surface area contributed by atoms with Gasteiger partial charge in [0.15, 0.2) is 0 Å². The second-order valence-corrected chi connectivity index (χ2v) is 5.42. The normalized spacial score (nSPS) is 17.4. The summed E-state index contributed by atoms with van der Waals surface area (Å²) < 4.78 is 0. The Balaban J connectivity index is 1.94. The van der Waals surface area contributed by atoms with Crippen LogP contribution in [0.15, 0.2) is 24.3 Å². The highest BCUT2D eigenvalue weighted by Gasteiger charge is 2.23. The molecule has 1 aliphatic rings. The van der Waals surface area contributed by atoms with Crippen LogP contribution in [0, 0.1) is 12.8 Å². The summed E-state index contributed by atoms with van der Waals surface area (Å²) in [4.78, 5) is 2.46. The standard InChI is InChI=1S/C15H24N2/c1-12-5-4-6-14(9-12)15(16-2)11-17(3)10-13-7-8-13/h4-6,9,13,15-16H,7-8,10-11H2,1-3H3. The summed E-state index contributed by atoms with van der Waals surface area (Å²) in [7, 11) is 4.29. The summed E-state index contributed by atoms with van der Waals surface area (Å²) in [5, 5.41) is 3.43. The maximum Gasteiger partial charge on any atom is 0.0446 e. The van der Waals surface area contributed by atoms with E-state index in [1.807, 2.05) is 0 Å². The van der Waals surface area contributed by atoms with E-state index in [0.29, 0.717) is 6.04 Å². The third kappa shape index (κ3) is 3.83. The van der Waals surface area contributed by atoms with E-state index in [4.69, 9.17) is 0 Å². The largest absolute Gasteiger partial charge is 0.312 e. The van der Waals surface area contributed by atoms with Crippen LogP contribution in [0.5, 0.6) is 0 Å². The Morgan fingerprint density at radius 2 is 2.18 bits per heavy atom. The lowest BCUT2D eigenvalue weighted by atomic mass is 10.0. The lowest BCUT2D eigenvalue weighted by Gasteiger charge is -2.24. The summed E-state index contributed by atoms with van der Waals surface area (Å²) in [6.07, 6.45) is 2.86. The minimum Gasteiger partial charge on any atom is -0.312 e. The third-order valence-electron chi connectivity index (χ3n) is 3.55. The molecule has 1 N–H and O–H groups in total. The molecule has 0 heterocycles.